The normalized spacial score (nSPS) is 21.4. The highest BCUT2D eigenvalue weighted by Crippen LogP contribution is 2.19. The number of hydrogen-bond acceptors (Lipinski definition) is 3. The SMILES string of the molecule is C=C(CC)C1=NCCC=C1N1CCNCC1. The maximum absolute atomic E-state index is 4.64. The molecule has 0 aromatic rings. The van der Waals surface area contributed by atoms with Gasteiger partial charge in [-0.05, 0) is 18.4 Å². The molecule has 0 aromatic heterocycles. The molecular formula is C13H21N3. The van der Waals surface area contributed by atoms with Crippen LogP contribution < -0.4 is 5.32 Å². The van der Waals surface area contributed by atoms with E-state index in [4.69, 9.17) is 0 Å². The van der Waals surface area contributed by atoms with Crippen molar-refractivity contribution >= 4 is 5.71 Å². The Hall–Kier alpha value is -1.09. The largest absolute Gasteiger partial charge is 0.368 e. The summed E-state index contributed by atoms with van der Waals surface area (Å²) in [6.45, 7) is 11.5. The van der Waals surface area contributed by atoms with Crippen LogP contribution >= 0.6 is 0 Å². The molecule has 2 rings (SSSR count). The summed E-state index contributed by atoms with van der Waals surface area (Å²) < 4.78 is 0. The summed E-state index contributed by atoms with van der Waals surface area (Å²) in [4.78, 5) is 7.08. The van der Waals surface area contributed by atoms with Crippen molar-refractivity contribution in [3.8, 4) is 0 Å². The molecule has 2 heterocycles. The van der Waals surface area contributed by atoms with Gasteiger partial charge in [-0.15, -0.1) is 0 Å². The average molecular weight is 219 g/mol. The fourth-order valence-corrected chi connectivity index (χ4v) is 2.20. The first-order valence-corrected chi connectivity index (χ1v) is 6.21. The molecular weight excluding hydrogens is 198 g/mol. The Morgan fingerprint density at radius 3 is 2.94 bits per heavy atom. The van der Waals surface area contributed by atoms with Crippen molar-refractivity contribution in [2.75, 3.05) is 32.7 Å². The van der Waals surface area contributed by atoms with Gasteiger partial charge >= 0.3 is 0 Å². The summed E-state index contributed by atoms with van der Waals surface area (Å²) >= 11 is 0. The molecule has 0 bridgehead atoms. The van der Waals surface area contributed by atoms with Crippen LogP contribution in [0.2, 0.25) is 0 Å². The van der Waals surface area contributed by atoms with Gasteiger partial charge < -0.3 is 10.2 Å². The molecule has 1 saturated heterocycles. The number of rotatable bonds is 3. The Kier molecular flexibility index (Phi) is 3.78. The second kappa shape index (κ2) is 5.30. The smallest absolute Gasteiger partial charge is 0.0830 e. The minimum Gasteiger partial charge on any atom is -0.368 e. The third-order valence-corrected chi connectivity index (χ3v) is 3.20. The van der Waals surface area contributed by atoms with E-state index in [1.54, 1.807) is 0 Å². The minimum atomic E-state index is 0.921. The predicted octanol–water partition coefficient (Wildman–Crippen LogP) is 1.59. The lowest BCUT2D eigenvalue weighted by molar-refractivity contribution is 0.310. The van der Waals surface area contributed by atoms with Crippen LogP contribution in [0.15, 0.2) is 28.9 Å². The zero-order valence-electron chi connectivity index (χ0n) is 10.1. The molecule has 1 fully saturated rings. The quantitative estimate of drug-likeness (QED) is 0.780. The Labute approximate surface area is 97.9 Å². The van der Waals surface area contributed by atoms with Crippen LogP contribution in [-0.4, -0.2) is 43.3 Å². The topological polar surface area (TPSA) is 27.6 Å². The van der Waals surface area contributed by atoms with Gasteiger partial charge in [0.15, 0.2) is 0 Å². The van der Waals surface area contributed by atoms with E-state index in [2.05, 4.69) is 34.8 Å². The summed E-state index contributed by atoms with van der Waals surface area (Å²) in [6, 6.07) is 0. The molecule has 0 aliphatic carbocycles. The molecule has 0 atom stereocenters. The van der Waals surface area contributed by atoms with E-state index >= 15 is 0 Å². The van der Waals surface area contributed by atoms with Crippen LogP contribution in [-0.2, 0) is 0 Å². The summed E-state index contributed by atoms with van der Waals surface area (Å²) in [5, 5.41) is 3.38. The van der Waals surface area contributed by atoms with Crippen LogP contribution in [0.3, 0.4) is 0 Å². The Morgan fingerprint density at radius 1 is 1.50 bits per heavy atom. The van der Waals surface area contributed by atoms with E-state index in [0.717, 1.165) is 51.3 Å². The van der Waals surface area contributed by atoms with Crippen molar-refractivity contribution in [1.82, 2.24) is 10.2 Å². The van der Waals surface area contributed by atoms with Gasteiger partial charge in [-0.25, -0.2) is 0 Å². The van der Waals surface area contributed by atoms with Crippen molar-refractivity contribution in [2.24, 2.45) is 4.99 Å². The van der Waals surface area contributed by atoms with Crippen LogP contribution in [0.1, 0.15) is 19.8 Å². The number of nitrogens with one attached hydrogen (secondary N) is 1. The Bertz CT molecular complexity index is 322. The van der Waals surface area contributed by atoms with Crippen LogP contribution in [0.5, 0.6) is 0 Å². The lowest BCUT2D eigenvalue weighted by Crippen LogP contribution is -2.44. The van der Waals surface area contributed by atoms with Gasteiger partial charge in [0.2, 0.25) is 0 Å². The molecule has 3 heteroatoms. The van der Waals surface area contributed by atoms with Gasteiger partial charge in [0.1, 0.15) is 0 Å². The Morgan fingerprint density at radius 2 is 2.25 bits per heavy atom. The standard InChI is InChI=1S/C13H21N3/c1-3-11(2)13-12(5-4-6-15-13)16-9-7-14-8-10-16/h5,14H,2-4,6-10H2,1H3. The molecule has 88 valence electrons. The van der Waals surface area contributed by atoms with Gasteiger partial charge in [0.25, 0.3) is 0 Å². The summed E-state index contributed by atoms with van der Waals surface area (Å²) in [5.41, 5.74) is 3.64. The first-order chi connectivity index (χ1) is 7.83. The number of hydrogen-bond donors (Lipinski definition) is 1. The molecule has 0 spiro atoms. The molecule has 0 unspecified atom stereocenters. The first kappa shape index (κ1) is 11.4. The highest BCUT2D eigenvalue weighted by atomic mass is 15.2. The molecule has 0 radical (unpaired) electrons. The van der Waals surface area contributed by atoms with Crippen molar-refractivity contribution < 1.29 is 0 Å². The average Bonchev–Trinajstić information content (AvgIpc) is 2.39. The lowest BCUT2D eigenvalue weighted by Gasteiger charge is -2.33. The fourth-order valence-electron chi connectivity index (χ4n) is 2.20. The third-order valence-electron chi connectivity index (χ3n) is 3.20. The lowest BCUT2D eigenvalue weighted by atomic mass is 10.0. The summed E-state index contributed by atoms with van der Waals surface area (Å²) in [6.07, 6.45) is 4.39. The number of dihydropyridines is 1. The molecule has 0 saturated carbocycles. The summed E-state index contributed by atoms with van der Waals surface area (Å²) in [5.74, 6) is 0. The second-order valence-corrected chi connectivity index (χ2v) is 4.30. The van der Waals surface area contributed by atoms with Gasteiger partial charge in [0, 0.05) is 32.7 Å². The van der Waals surface area contributed by atoms with Gasteiger partial charge in [-0.2, -0.15) is 0 Å². The van der Waals surface area contributed by atoms with Crippen molar-refractivity contribution in [2.45, 2.75) is 19.8 Å². The maximum atomic E-state index is 4.64. The monoisotopic (exact) mass is 219 g/mol. The van der Waals surface area contributed by atoms with Crippen LogP contribution in [0, 0.1) is 0 Å². The van der Waals surface area contributed by atoms with E-state index in [1.807, 2.05) is 0 Å². The van der Waals surface area contributed by atoms with Crippen molar-refractivity contribution in [3.05, 3.63) is 23.9 Å². The van der Waals surface area contributed by atoms with Crippen LogP contribution in [0.25, 0.3) is 0 Å². The highest BCUT2D eigenvalue weighted by molar-refractivity contribution is 6.11. The number of nitrogens with zero attached hydrogens (tertiary/aromatic N) is 2. The minimum absolute atomic E-state index is 0.921. The molecule has 16 heavy (non-hydrogen) atoms. The zero-order valence-corrected chi connectivity index (χ0v) is 10.1. The third kappa shape index (κ3) is 2.35. The van der Waals surface area contributed by atoms with E-state index in [-0.39, 0.29) is 0 Å². The Balaban J connectivity index is 2.14. The second-order valence-electron chi connectivity index (χ2n) is 4.30. The van der Waals surface area contributed by atoms with Gasteiger partial charge in [-0.3, -0.25) is 4.99 Å². The van der Waals surface area contributed by atoms with E-state index < -0.39 is 0 Å². The molecule has 1 N–H and O–H groups in total. The molecule has 0 aromatic carbocycles. The fraction of sp³-hybridized carbons (Fsp3) is 0.615. The van der Waals surface area contributed by atoms with Crippen molar-refractivity contribution in [3.63, 3.8) is 0 Å². The van der Waals surface area contributed by atoms with E-state index in [9.17, 15) is 0 Å². The number of aliphatic imine (C=N–C) groups is 1. The predicted molar refractivity (Wildman–Crippen MR) is 68.9 cm³/mol. The van der Waals surface area contributed by atoms with E-state index in [1.165, 1.54) is 11.3 Å². The van der Waals surface area contributed by atoms with Crippen molar-refractivity contribution in [1.29, 1.82) is 0 Å². The highest BCUT2D eigenvalue weighted by Gasteiger charge is 2.20. The molecule has 3 nitrogen and oxygen atoms in total. The molecule has 2 aliphatic rings. The summed E-state index contributed by atoms with van der Waals surface area (Å²) in [7, 11) is 0. The van der Waals surface area contributed by atoms with E-state index in [0.29, 0.717) is 0 Å². The first-order valence-electron chi connectivity index (χ1n) is 6.21. The van der Waals surface area contributed by atoms with Crippen LogP contribution in [0.4, 0.5) is 0 Å². The molecule has 0 amide bonds. The number of allylic oxidation sites excluding steroid dienone is 1. The zero-order chi connectivity index (χ0) is 11.4. The molecule has 2 aliphatic heterocycles. The van der Waals surface area contributed by atoms with Gasteiger partial charge in [-0.1, -0.05) is 19.6 Å². The number of piperazine rings is 1. The van der Waals surface area contributed by atoms with Gasteiger partial charge in [0.05, 0.1) is 11.4 Å². The maximum Gasteiger partial charge on any atom is 0.0830 e.